The molecule has 3 aromatic carbocycles. The second kappa shape index (κ2) is 10.6. The maximum atomic E-state index is 10.9. The van der Waals surface area contributed by atoms with Crippen LogP contribution in [0.25, 0.3) is 0 Å². The zero-order chi connectivity index (χ0) is 22.2. The molecule has 0 bridgehead atoms. The van der Waals surface area contributed by atoms with E-state index in [4.69, 9.17) is 14.7 Å². The lowest BCUT2D eigenvalue weighted by Crippen LogP contribution is -2.16. The quantitative estimate of drug-likeness (QED) is 0.446. The number of nitrogens with one attached hydrogen (secondary N) is 1. The van der Waals surface area contributed by atoms with Crippen LogP contribution in [0.2, 0.25) is 0 Å². The van der Waals surface area contributed by atoms with E-state index in [1.165, 1.54) is 5.56 Å². The normalized spacial score (nSPS) is 15.5. The number of rotatable bonds is 9. The van der Waals surface area contributed by atoms with Gasteiger partial charge in [0.1, 0.15) is 11.9 Å². The molecule has 3 aromatic rings. The monoisotopic (exact) mass is 429 g/mol. The van der Waals surface area contributed by atoms with Gasteiger partial charge in [-0.3, -0.25) is 10.3 Å². The first-order valence-corrected chi connectivity index (χ1v) is 10.9. The molecule has 0 heterocycles. The minimum absolute atomic E-state index is 0.218. The van der Waals surface area contributed by atoms with Gasteiger partial charge in [-0.15, -0.1) is 0 Å². The number of carboxylic acid groups (broad SMARTS) is 1. The number of ether oxygens (including phenoxy) is 1. The largest absolute Gasteiger partial charge is 0.482 e. The number of carbonyl (C=O) groups is 1. The predicted molar refractivity (Wildman–Crippen MR) is 123 cm³/mol. The van der Waals surface area contributed by atoms with E-state index >= 15 is 0 Å². The van der Waals surface area contributed by atoms with Crippen molar-refractivity contribution in [2.75, 3.05) is 6.61 Å². The van der Waals surface area contributed by atoms with Gasteiger partial charge in [0.15, 0.2) is 6.61 Å². The molecule has 0 saturated heterocycles. The number of benzene rings is 3. The molecule has 164 valence electrons. The smallest absolute Gasteiger partial charge is 0.341 e. The molecule has 5 heteroatoms. The van der Waals surface area contributed by atoms with Crippen LogP contribution in [0.3, 0.4) is 0 Å². The molecule has 1 aliphatic carbocycles. The van der Waals surface area contributed by atoms with Gasteiger partial charge in [-0.2, -0.15) is 0 Å². The highest BCUT2D eigenvalue weighted by molar-refractivity contribution is 5.68. The van der Waals surface area contributed by atoms with Gasteiger partial charge in [0.25, 0.3) is 0 Å². The number of fused-ring (bicyclic) bond motifs is 1. The Bertz CT molecular complexity index is 1010. The fourth-order valence-electron chi connectivity index (χ4n) is 4.17. The van der Waals surface area contributed by atoms with Gasteiger partial charge in [-0.1, -0.05) is 78.9 Å². The van der Waals surface area contributed by atoms with E-state index < -0.39 is 5.97 Å². The van der Waals surface area contributed by atoms with E-state index in [-0.39, 0.29) is 18.6 Å². The van der Waals surface area contributed by atoms with Crippen molar-refractivity contribution in [2.24, 2.45) is 0 Å². The van der Waals surface area contributed by atoms with Crippen LogP contribution < -0.4 is 10.2 Å². The highest BCUT2D eigenvalue weighted by Gasteiger charge is 2.21. The molecule has 2 N–H and O–H groups in total. The molecule has 0 saturated carbocycles. The maximum Gasteiger partial charge on any atom is 0.341 e. The highest BCUT2D eigenvalue weighted by atomic mass is 16.7. The molecule has 1 atom stereocenters. The molecular formula is C27H27NO4. The van der Waals surface area contributed by atoms with Crippen molar-refractivity contribution in [3.63, 3.8) is 0 Å². The van der Waals surface area contributed by atoms with Gasteiger partial charge in [0.05, 0.1) is 0 Å². The Morgan fingerprint density at radius 2 is 1.69 bits per heavy atom. The molecule has 0 aliphatic heterocycles. The number of carboxylic acids is 1. The zero-order valence-electron chi connectivity index (χ0n) is 17.8. The van der Waals surface area contributed by atoms with E-state index in [0.717, 1.165) is 36.0 Å². The number of hydrogen-bond acceptors (Lipinski definition) is 4. The van der Waals surface area contributed by atoms with Gasteiger partial charge in [-0.25, -0.2) is 4.79 Å². The minimum Gasteiger partial charge on any atom is -0.482 e. The molecule has 5 nitrogen and oxygen atoms in total. The van der Waals surface area contributed by atoms with E-state index in [1.807, 2.05) is 54.7 Å². The first kappa shape index (κ1) is 21.7. The average Bonchev–Trinajstić information content (AvgIpc) is 2.84. The van der Waals surface area contributed by atoms with Crippen LogP contribution in [-0.2, 0) is 16.1 Å². The second-order valence-electron chi connectivity index (χ2n) is 7.80. The van der Waals surface area contributed by atoms with Gasteiger partial charge in [-0.05, 0) is 47.6 Å². The first-order valence-electron chi connectivity index (χ1n) is 10.9. The van der Waals surface area contributed by atoms with Gasteiger partial charge in [0, 0.05) is 12.1 Å². The molecule has 0 radical (unpaired) electrons. The summed E-state index contributed by atoms with van der Waals surface area (Å²) in [6.45, 7) is -0.327. The molecule has 1 unspecified atom stereocenters. The Kier molecular flexibility index (Phi) is 7.20. The number of aliphatic carboxylic acids is 1. The van der Waals surface area contributed by atoms with Gasteiger partial charge < -0.3 is 9.84 Å². The number of hydrogen-bond donors (Lipinski definition) is 2. The third kappa shape index (κ3) is 5.37. The molecule has 0 spiro atoms. The zero-order valence-corrected chi connectivity index (χ0v) is 17.8. The highest BCUT2D eigenvalue weighted by Crippen LogP contribution is 2.37. The molecule has 4 rings (SSSR count). The Morgan fingerprint density at radius 1 is 1.00 bits per heavy atom. The van der Waals surface area contributed by atoms with Crippen molar-refractivity contribution in [1.29, 1.82) is 0 Å². The standard InChI is InChI=1S/C27H27NO4/c29-26(30)19-31-25-16-8-14-23-20(13-7-15-24(23)25)17-18-28-32-27(21-9-3-1-4-10-21)22-11-5-2-6-12-22/h1-6,8-12,14,16-18,20,27-28H,7,13,15,19H2,(H,29,30). The summed E-state index contributed by atoms with van der Waals surface area (Å²) in [7, 11) is 0. The van der Waals surface area contributed by atoms with Crippen LogP contribution in [0.15, 0.2) is 91.1 Å². The molecule has 0 fully saturated rings. The van der Waals surface area contributed by atoms with Crippen LogP contribution in [0.1, 0.15) is 47.1 Å². The molecule has 32 heavy (non-hydrogen) atoms. The van der Waals surface area contributed by atoms with Gasteiger partial charge >= 0.3 is 5.97 Å². The van der Waals surface area contributed by atoms with Crippen molar-refractivity contribution in [3.8, 4) is 5.75 Å². The number of hydroxylamine groups is 1. The lowest BCUT2D eigenvalue weighted by atomic mass is 9.82. The number of allylic oxidation sites excluding steroid dienone is 1. The molecule has 0 amide bonds. The van der Waals surface area contributed by atoms with Crippen molar-refractivity contribution in [2.45, 2.75) is 31.3 Å². The van der Waals surface area contributed by atoms with Crippen molar-refractivity contribution >= 4 is 5.97 Å². The topological polar surface area (TPSA) is 67.8 Å². The summed E-state index contributed by atoms with van der Waals surface area (Å²) in [6, 6.07) is 26.1. The SMILES string of the molecule is O=C(O)COc1cccc2c1CCCC2C=CNOC(c1ccccc1)c1ccccc1. The fraction of sp³-hybridized carbons (Fsp3) is 0.222. The summed E-state index contributed by atoms with van der Waals surface area (Å²) in [5.74, 6) is -0.0850. The Labute approximate surface area is 188 Å². The van der Waals surface area contributed by atoms with Gasteiger partial charge in [0.2, 0.25) is 0 Å². The second-order valence-corrected chi connectivity index (χ2v) is 7.80. The summed E-state index contributed by atoms with van der Waals surface area (Å²) in [6.07, 6.45) is 6.66. The summed E-state index contributed by atoms with van der Waals surface area (Å²) in [5.41, 5.74) is 7.45. The summed E-state index contributed by atoms with van der Waals surface area (Å²) in [4.78, 5) is 16.9. The fourth-order valence-corrected chi connectivity index (χ4v) is 4.17. The van der Waals surface area contributed by atoms with E-state index in [2.05, 4.69) is 41.9 Å². The summed E-state index contributed by atoms with van der Waals surface area (Å²) < 4.78 is 5.51. The molecular weight excluding hydrogens is 402 g/mol. The van der Waals surface area contributed by atoms with Crippen molar-refractivity contribution in [1.82, 2.24) is 5.48 Å². The van der Waals surface area contributed by atoms with Crippen molar-refractivity contribution in [3.05, 3.63) is 113 Å². The predicted octanol–water partition coefficient (Wildman–Crippen LogP) is 5.39. The Hall–Kier alpha value is -3.57. The lowest BCUT2D eigenvalue weighted by Gasteiger charge is -2.25. The van der Waals surface area contributed by atoms with Crippen LogP contribution in [0.4, 0.5) is 0 Å². The van der Waals surface area contributed by atoms with E-state index in [0.29, 0.717) is 5.75 Å². The summed E-state index contributed by atoms with van der Waals surface area (Å²) in [5, 5.41) is 8.93. The first-order chi connectivity index (χ1) is 15.7. The Balaban J connectivity index is 1.45. The lowest BCUT2D eigenvalue weighted by molar-refractivity contribution is -0.139. The van der Waals surface area contributed by atoms with Crippen LogP contribution in [-0.4, -0.2) is 17.7 Å². The Morgan fingerprint density at radius 3 is 2.34 bits per heavy atom. The summed E-state index contributed by atoms with van der Waals surface area (Å²) >= 11 is 0. The molecule has 0 aromatic heterocycles. The van der Waals surface area contributed by atoms with Crippen LogP contribution >= 0.6 is 0 Å². The van der Waals surface area contributed by atoms with E-state index in [1.54, 1.807) is 0 Å². The van der Waals surface area contributed by atoms with Crippen molar-refractivity contribution < 1.29 is 19.5 Å². The van der Waals surface area contributed by atoms with Crippen LogP contribution in [0, 0.1) is 0 Å². The van der Waals surface area contributed by atoms with Crippen LogP contribution in [0.5, 0.6) is 5.75 Å². The minimum atomic E-state index is -0.970. The van der Waals surface area contributed by atoms with E-state index in [9.17, 15) is 4.79 Å². The third-order valence-electron chi connectivity index (χ3n) is 5.65. The average molecular weight is 430 g/mol. The molecule has 1 aliphatic rings. The third-order valence-corrected chi connectivity index (χ3v) is 5.65. The maximum absolute atomic E-state index is 10.9.